The third-order valence-electron chi connectivity index (χ3n) is 4.04. The number of fused-ring (bicyclic) bond motifs is 1. The van der Waals surface area contributed by atoms with Gasteiger partial charge in [0.05, 0.1) is 11.0 Å². The van der Waals surface area contributed by atoms with Crippen molar-refractivity contribution in [2.24, 2.45) is 11.7 Å². The monoisotopic (exact) mass is 259 g/mol. The van der Waals surface area contributed by atoms with Crippen LogP contribution in [0.3, 0.4) is 0 Å². The molecule has 0 aliphatic heterocycles. The predicted molar refractivity (Wildman–Crippen MR) is 74.1 cm³/mol. The number of hydrogen-bond acceptors (Lipinski definition) is 3. The molecule has 3 rings (SSSR count). The Bertz CT molecular complexity index is 710. The van der Waals surface area contributed by atoms with Crippen LogP contribution in [-0.2, 0) is 0 Å². The molecule has 1 aliphatic carbocycles. The number of nitrogens with two attached hydrogens (primary N) is 1. The highest BCUT2D eigenvalue weighted by atomic mass is 16.2. The summed E-state index contributed by atoms with van der Waals surface area (Å²) in [6.07, 6.45) is 4.83. The zero-order valence-corrected chi connectivity index (χ0v) is 10.6. The fourth-order valence-electron chi connectivity index (χ4n) is 2.93. The first-order chi connectivity index (χ1) is 9.15. The van der Waals surface area contributed by atoms with E-state index in [-0.39, 0.29) is 6.04 Å². The summed E-state index contributed by atoms with van der Waals surface area (Å²) in [5.74, 6) is 0.520. The van der Waals surface area contributed by atoms with Gasteiger partial charge in [-0.2, -0.15) is 0 Å². The zero-order valence-electron chi connectivity index (χ0n) is 10.6. The Kier molecular flexibility index (Phi) is 2.98. The molecule has 1 atom stereocenters. The van der Waals surface area contributed by atoms with E-state index in [2.05, 4.69) is 9.97 Å². The van der Waals surface area contributed by atoms with Gasteiger partial charge in [-0.15, -0.1) is 0 Å². The molecule has 1 aliphatic rings. The lowest BCUT2D eigenvalue weighted by Gasteiger charge is -2.19. The number of benzene rings is 1. The van der Waals surface area contributed by atoms with Crippen molar-refractivity contribution in [1.82, 2.24) is 9.97 Å². The van der Waals surface area contributed by atoms with E-state index in [9.17, 15) is 9.59 Å². The molecule has 1 aromatic heterocycles. The summed E-state index contributed by atoms with van der Waals surface area (Å²) in [4.78, 5) is 27.7. The first kappa shape index (κ1) is 12.2. The Labute approximate surface area is 109 Å². The van der Waals surface area contributed by atoms with Gasteiger partial charge in [-0.05, 0) is 36.5 Å². The van der Waals surface area contributed by atoms with Crippen LogP contribution in [0, 0.1) is 5.92 Å². The van der Waals surface area contributed by atoms with Crippen LogP contribution in [0.15, 0.2) is 27.8 Å². The number of aromatic nitrogens is 2. The fraction of sp³-hybridized carbons (Fsp3) is 0.429. The standard InChI is InChI=1S/C14H17N3O2/c15-12(8-3-1-2-4-8)9-5-6-10-11(7-9)17-14(19)13(18)16-10/h5-8,12H,1-4,15H2,(H,16,18)(H,17,19). The van der Waals surface area contributed by atoms with Crippen molar-refractivity contribution in [3.8, 4) is 0 Å². The highest BCUT2D eigenvalue weighted by Crippen LogP contribution is 2.34. The number of aromatic amines is 2. The Balaban J connectivity index is 2.03. The summed E-state index contributed by atoms with van der Waals surface area (Å²) in [5.41, 5.74) is 7.33. The molecule has 2 aromatic rings. The normalized spacial score (nSPS) is 17.9. The minimum absolute atomic E-state index is 0.00216. The molecule has 100 valence electrons. The largest absolute Gasteiger partial charge is 0.324 e. The van der Waals surface area contributed by atoms with E-state index < -0.39 is 11.1 Å². The fourth-order valence-corrected chi connectivity index (χ4v) is 2.93. The van der Waals surface area contributed by atoms with Crippen molar-refractivity contribution in [2.45, 2.75) is 31.7 Å². The van der Waals surface area contributed by atoms with Crippen molar-refractivity contribution in [1.29, 1.82) is 0 Å². The van der Waals surface area contributed by atoms with Crippen molar-refractivity contribution in [2.75, 3.05) is 0 Å². The van der Waals surface area contributed by atoms with Crippen molar-refractivity contribution >= 4 is 11.0 Å². The molecule has 1 fully saturated rings. The lowest BCUT2D eigenvalue weighted by atomic mass is 9.92. The molecule has 1 saturated carbocycles. The van der Waals surface area contributed by atoms with Crippen LogP contribution < -0.4 is 16.9 Å². The summed E-state index contributed by atoms with van der Waals surface area (Å²) >= 11 is 0. The van der Waals surface area contributed by atoms with Gasteiger partial charge in [-0.1, -0.05) is 18.9 Å². The number of nitrogens with one attached hydrogen (secondary N) is 2. The van der Waals surface area contributed by atoms with Crippen molar-refractivity contribution in [3.63, 3.8) is 0 Å². The zero-order chi connectivity index (χ0) is 13.4. The van der Waals surface area contributed by atoms with Crippen molar-refractivity contribution in [3.05, 3.63) is 44.5 Å². The second-order valence-electron chi connectivity index (χ2n) is 5.28. The number of hydrogen-bond donors (Lipinski definition) is 3. The maximum Gasteiger partial charge on any atom is 0.314 e. The molecule has 0 radical (unpaired) electrons. The molecule has 1 aromatic carbocycles. The molecular formula is C14H17N3O2. The van der Waals surface area contributed by atoms with E-state index in [4.69, 9.17) is 5.73 Å². The molecule has 5 heteroatoms. The summed E-state index contributed by atoms with van der Waals surface area (Å²) in [7, 11) is 0. The van der Waals surface area contributed by atoms with Gasteiger partial charge < -0.3 is 15.7 Å². The minimum atomic E-state index is -0.626. The average Bonchev–Trinajstić information content (AvgIpc) is 2.93. The van der Waals surface area contributed by atoms with E-state index in [1.165, 1.54) is 25.7 Å². The van der Waals surface area contributed by atoms with E-state index in [1.54, 1.807) is 6.07 Å². The van der Waals surface area contributed by atoms with Crippen LogP contribution in [-0.4, -0.2) is 9.97 Å². The van der Waals surface area contributed by atoms with Crippen molar-refractivity contribution < 1.29 is 0 Å². The second-order valence-corrected chi connectivity index (χ2v) is 5.28. The van der Waals surface area contributed by atoms with Gasteiger partial charge in [0.2, 0.25) is 0 Å². The average molecular weight is 259 g/mol. The Morgan fingerprint density at radius 2 is 1.68 bits per heavy atom. The molecular weight excluding hydrogens is 242 g/mol. The van der Waals surface area contributed by atoms with E-state index in [0.29, 0.717) is 17.0 Å². The molecule has 0 amide bonds. The predicted octanol–water partition coefficient (Wildman–Crippen LogP) is 1.41. The number of rotatable bonds is 2. The van der Waals surface area contributed by atoms with E-state index in [1.807, 2.05) is 12.1 Å². The lowest BCUT2D eigenvalue weighted by Crippen LogP contribution is -2.29. The minimum Gasteiger partial charge on any atom is -0.324 e. The van der Waals surface area contributed by atoms with Gasteiger partial charge >= 0.3 is 11.1 Å². The summed E-state index contributed by atoms with van der Waals surface area (Å²) in [6, 6.07) is 5.61. The topological polar surface area (TPSA) is 91.7 Å². The van der Waals surface area contributed by atoms with Gasteiger partial charge in [0, 0.05) is 6.04 Å². The third kappa shape index (κ3) is 2.21. The second kappa shape index (κ2) is 4.66. The van der Waals surface area contributed by atoms with Gasteiger partial charge in [-0.25, -0.2) is 0 Å². The molecule has 0 saturated heterocycles. The molecule has 4 N–H and O–H groups in total. The first-order valence-corrected chi connectivity index (χ1v) is 6.67. The van der Waals surface area contributed by atoms with Crippen LogP contribution in [0.2, 0.25) is 0 Å². The van der Waals surface area contributed by atoms with Crippen LogP contribution in [0.4, 0.5) is 0 Å². The van der Waals surface area contributed by atoms with Gasteiger partial charge in [0.1, 0.15) is 0 Å². The molecule has 1 heterocycles. The van der Waals surface area contributed by atoms with Crippen LogP contribution in [0.1, 0.15) is 37.3 Å². The summed E-state index contributed by atoms with van der Waals surface area (Å²) in [6.45, 7) is 0. The Hall–Kier alpha value is -1.88. The van der Waals surface area contributed by atoms with Gasteiger partial charge in [0.15, 0.2) is 0 Å². The van der Waals surface area contributed by atoms with Gasteiger partial charge in [-0.3, -0.25) is 9.59 Å². The molecule has 1 unspecified atom stereocenters. The van der Waals surface area contributed by atoms with Crippen LogP contribution in [0.5, 0.6) is 0 Å². The molecule has 19 heavy (non-hydrogen) atoms. The smallest absolute Gasteiger partial charge is 0.314 e. The maximum absolute atomic E-state index is 11.3. The maximum atomic E-state index is 11.3. The van der Waals surface area contributed by atoms with E-state index in [0.717, 1.165) is 5.56 Å². The summed E-state index contributed by atoms with van der Waals surface area (Å²) < 4.78 is 0. The Morgan fingerprint density at radius 1 is 1.05 bits per heavy atom. The molecule has 5 nitrogen and oxygen atoms in total. The van der Waals surface area contributed by atoms with Crippen LogP contribution >= 0.6 is 0 Å². The highest BCUT2D eigenvalue weighted by molar-refractivity contribution is 5.74. The van der Waals surface area contributed by atoms with E-state index >= 15 is 0 Å². The third-order valence-corrected chi connectivity index (χ3v) is 4.04. The lowest BCUT2D eigenvalue weighted by molar-refractivity contribution is 0.445. The Morgan fingerprint density at radius 3 is 2.37 bits per heavy atom. The summed E-state index contributed by atoms with van der Waals surface area (Å²) in [5, 5.41) is 0. The van der Waals surface area contributed by atoms with Crippen LogP contribution in [0.25, 0.3) is 11.0 Å². The quantitative estimate of drug-likeness (QED) is 0.712. The molecule has 0 bridgehead atoms. The number of H-pyrrole nitrogens is 2. The molecule has 0 spiro atoms. The SMILES string of the molecule is NC(c1ccc2[nH]c(=O)c(=O)[nH]c2c1)C1CCCC1. The van der Waals surface area contributed by atoms with Gasteiger partial charge in [0.25, 0.3) is 0 Å². The first-order valence-electron chi connectivity index (χ1n) is 6.67. The highest BCUT2D eigenvalue weighted by Gasteiger charge is 2.23.